The van der Waals surface area contributed by atoms with Gasteiger partial charge in [0.15, 0.2) is 10.4 Å². The Balaban J connectivity index is 3.10. The maximum absolute atomic E-state index is 11.2. The van der Waals surface area contributed by atoms with Crippen LogP contribution in [0.4, 0.5) is 0 Å². The number of nitrogens with zero attached hydrogens (tertiary/aromatic N) is 3. The van der Waals surface area contributed by atoms with E-state index in [4.69, 9.17) is 0 Å². The van der Waals surface area contributed by atoms with Gasteiger partial charge in [0, 0.05) is 13.5 Å². The highest BCUT2D eigenvalue weighted by Crippen LogP contribution is 2.13. The maximum Gasteiger partial charge on any atom is 0.183 e. The van der Waals surface area contributed by atoms with Gasteiger partial charge in [-0.15, -0.1) is 5.10 Å². The molecule has 0 bridgehead atoms. The fraction of sp³-hybridized carbons (Fsp3) is 0.500. The molecule has 1 rings (SSSR count). The van der Waals surface area contributed by atoms with Crippen LogP contribution >= 0.6 is 15.9 Å². The van der Waals surface area contributed by atoms with E-state index in [2.05, 4.69) is 26.2 Å². The first-order valence-corrected chi connectivity index (χ1v) is 4.04. The molecule has 60 valence electrons. The summed E-state index contributed by atoms with van der Waals surface area (Å²) in [5, 5.41) is 7.38. The quantitative estimate of drug-likeness (QED) is 0.700. The van der Waals surface area contributed by atoms with Crippen LogP contribution in [0.1, 0.15) is 23.8 Å². The third-order valence-corrected chi connectivity index (χ3v) is 1.91. The van der Waals surface area contributed by atoms with Gasteiger partial charge in [-0.25, -0.2) is 4.68 Å². The van der Waals surface area contributed by atoms with Crippen molar-refractivity contribution in [3.63, 3.8) is 0 Å². The van der Waals surface area contributed by atoms with Crippen LogP contribution in [0.5, 0.6) is 0 Å². The van der Waals surface area contributed by atoms with Crippen molar-refractivity contribution in [2.75, 3.05) is 0 Å². The Morgan fingerprint density at radius 2 is 2.36 bits per heavy atom. The molecule has 4 nitrogen and oxygen atoms in total. The average molecular weight is 218 g/mol. The minimum absolute atomic E-state index is 0.0457. The van der Waals surface area contributed by atoms with Gasteiger partial charge in [0.25, 0.3) is 0 Å². The van der Waals surface area contributed by atoms with Crippen LogP contribution in [0, 0.1) is 0 Å². The molecule has 0 radical (unpaired) electrons. The molecule has 0 saturated carbocycles. The van der Waals surface area contributed by atoms with Crippen LogP contribution in [0.15, 0.2) is 4.60 Å². The normalized spacial score (nSPS) is 10.1. The lowest BCUT2D eigenvalue weighted by Crippen LogP contribution is -2.05. The van der Waals surface area contributed by atoms with Crippen LogP contribution in [0.2, 0.25) is 0 Å². The Morgan fingerprint density at radius 1 is 1.73 bits per heavy atom. The molecule has 11 heavy (non-hydrogen) atoms. The first kappa shape index (κ1) is 8.39. The number of carbonyl (C=O) groups is 1. The van der Waals surface area contributed by atoms with Crippen molar-refractivity contribution in [1.82, 2.24) is 15.0 Å². The molecular formula is C6H8BrN3O. The number of aromatic nitrogens is 3. The molecule has 1 aromatic rings. The second kappa shape index (κ2) is 3.13. The van der Waals surface area contributed by atoms with Crippen molar-refractivity contribution >= 4 is 21.7 Å². The first-order chi connectivity index (χ1) is 5.16. The lowest BCUT2D eigenvalue weighted by Gasteiger charge is -1.95. The molecule has 0 fully saturated rings. The summed E-state index contributed by atoms with van der Waals surface area (Å²) >= 11 is 3.14. The SMILES string of the molecule is CCC(=O)c1c(Br)nnn1C. The van der Waals surface area contributed by atoms with E-state index in [1.807, 2.05) is 6.92 Å². The van der Waals surface area contributed by atoms with E-state index in [0.717, 1.165) is 0 Å². The van der Waals surface area contributed by atoms with E-state index in [1.54, 1.807) is 7.05 Å². The monoisotopic (exact) mass is 217 g/mol. The first-order valence-electron chi connectivity index (χ1n) is 3.25. The molecule has 0 N–H and O–H groups in total. The Kier molecular flexibility index (Phi) is 2.38. The maximum atomic E-state index is 11.2. The van der Waals surface area contributed by atoms with Crippen LogP contribution in [0.25, 0.3) is 0 Å². The zero-order chi connectivity index (χ0) is 8.43. The van der Waals surface area contributed by atoms with Gasteiger partial charge in [0.1, 0.15) is 5.69 Å². The van der Waals surface area contributed by atoms with E-state index in [-0.39, 0.29) is 5.78 Å². The Hall–Kier alpha value is -0.710. The molecule has 1 aromatic heterocycles. The predicted molar refractivity (Wildman–Crippen MR) is 43.3 cm³/mol. The minimum atomic E-state index is 0.0457. The number of rotatable bonds is 2. The van der Waals surface area contributed by atoms with Gasteiger partial charge >= 0.3 is 0 Å². The number of aryl methyl sites for hydroxylation is 1. The number of carbonyl (C=O) groups excluding carboxylic acids is 1. The molecule has 0 spiro atoms. The molecule has 1 heterocycles. The van der Waals surface area contributed by atoms with Crippen molar-refractivity contribution in [3.05, 3.63) is 10.3 Å². The Labute approximate surface area is 72.7 Å². The lowest BCUT2D eigenvalue weighted by molar-refractivity contribution is 0.0978. The summed E-state index contributed by atoms with van der Waals surface area (Å²) in [5.74, 6) is 0.0457. The van der Waals surface area contributed by atoms with Crippen molar-refractivity contribution in [2.24, 2.45) is 7.05 Å². The van der Waals surface area contributed by atoms with Gasteiger partial charge < -0.3 is 0 Å². The molecule has 0 saturated heterocycles. The minimum Gasteiger partial charge on any atom is -0.292 e. The van der Waals surface area contributed by atoms with Crippen molar-refractivity contribution in [3.8, 4) is 0 Å². The highest BCUT2D eigenvalue weighted by molar-refractivity contribution is 9.10. The molecular weight excluding hydrogens is 210 g/mol. The van der Waals surface area contributed by atoms with Crippen LogP contribution in [-0.4, -0.2) is 20.8 Å². The third-order valence-electron chi connectivity index (χ3n) is 1.37. The lowest BCUT2D eigenvalue weighted by atomic mass is 10.2. The number of hydrogen-bond acceptors (Lipinski definition) is 3. The van der Waals surface area contributed by atoms with Crippen molar-refractivity contribution in [1.29, 1.82) is 0 Å². The van der Waals surface area contributed by atoms with E-state index >= 15 is 0 Å². The third kappa shape index (κ3) is 1.48. The number of Topliss-reactive ketones (excluding diaryl/α,β-unsaturated/α-hetero) is 1. The smallest absolute Gasteiger partial charge is 0.183 e. The zero-order valence-electron chi connectivity index (χ0n) is 6.33. The summed E-state index contributed by atoms with van der Waals surface area (Å²) in [7, 11) is 1.70. The summed E-state index contributed by atoms with van der Waals surface area (Å²) in [5.41, 5.74) is 0.535. The second-order valence-corrected chi connectivity index (χ2v) is 2.88. The summed E-state index contributed by atoms with van der Waals surface area (Å²) in [4.78, 5) is 11.2. The standard InChI is InChI=1S/C6H8BrN3O/c1-3-4(11)5-6(7)8-9-10(5)2/h3H2,1-2H3. The van der Waals surface area contributed by atoms with Crippen LogP contribution < -0.4 is 0 Å². The molecule has 0 aliphatic heterocycles. The van der Waals surface area contributed by atoms with Gasteiger partial charge in [-0.2, -0.15) is 0 Å². The van der Waals surface area contributed by atoms with Gasteiger partial charge in [0.05, 0.1) is 0 Å². The van der Waals surface area contributed by atoms with Gasteiger partial charge in [0.2, 0.25) is 0 Å². The summed E-state index contributed by atoms with van der Waals surface area (Å²) < 4.78 is 1.99. The Bertz CT molecular complexity index is 262. The van der Waals surface area contributed by atoms with Gasteiger partial charge in [-0.05, 0) is 15.9 Å². The zero-order valence-corrected chi connectivity index (χ0v) is 7.92. The molecule has 0 aromatic carbocycles. The predicted octanol–water partition coefficient (Wildman–Crippen LogP) is 1.17. The summed E-state index contributed by atoms with van der Waals surface area (Å²) in [6, 6.07) is 0. The second-order valence-electron chi connectivity index (χ2n) is 2.13. The highest BCUT2D eigenvalue weighted by atomic mass is 79.9. The highest BCUT2D eigenvalue weighted by Gasteiger charge is 2.13. The van der Waals surface area contributed by atoms with Crippen molar-refractivity contribution < 1.29 is 4.79 Å². The number of halogens is 1. The molecule has 0 amide bonds. The fourth-order valence-electron chi connectivity index (χ4n) is 0.795. The molecule has 0 atom stereocenters. The van der Waals surface area contributed by atoms with E-state index in [0.29, 0.717) is 16.7 Å². The Morgan fingerprint density at radius 3 is 2.73 bits per heavy atom. The van der Waals surface area contributed by atoms with Crippen LogP contribution in [0.3, 0.4) is 0 Å². The number of ketones is 1. The fourth-order valence-corrected chi connectivity index (χ4v) is 1.34. The summed E-state index contributed by atoms with van der Waals surface area (Å²) in [6.07, 6.45) is 0.472. The molecule has 0 aliphatic rings. The van der Waals surface area contributed by atoms with Crippen molar-refractivity contribution in [2.45, 2.75) is 13.3 Å². The topological polar surface area (TPSA) is 47.8 Å². The average Bonchev–Trinajstić information content (AvgIpc) is 2.30. The van der Waals surface area contributed by atoms with E-state index in [1.165, 1.54) is 4.68 Å². The molecule has 0 unspecified atom stereocenters. The number of hydrogen-bond donors (Lipinski definition) is 0. The largest absolute Gasteiger partial charge is 0.292 e. The molecule has 5 heteroatoms. The van der Waals surface area contributed by atoms with Gasteiger partial charge in [-0.1, -0.05) is 12.1 Å². The molecule has 0 aliphatic carbocycles. The summed E-state index contributed by atoms with van der Waals surface area (Å²) in [6.45, 7) is 1.81. The van der Waals surface area contributed by atoms with E-state index < -0.39 is 0 Å². The van der Waals surface area contributed by atoms with Crippen LogP contribution in [-0.2, 0) is 7.05 Å². The van der Waals surface area contributed by atoms with E-state index in [9.17, 15) is 4.79 Å². The van der Waals surface area contributed by atoms with Gasteiger partial charge in [-0.3, -0.25) is 4.79 Å².